The highest BCUT2D eigenvalue weighted by atomic mass is 35.5. The maximum atomic E-state index is 12.1. The number of nitrogens with one attached hydrogen (secondary N) is 1. The second-order valence-corrected chi connectivity index (χ2v) is 5.30. The van der Waals surface area contributed by atoms with Crippen LogP contribution in [0.5, 0.6) is 0 Å². The number of hydrogen-bond donors (Lipinski definition) is 2. The van der Waals surface area contributed by atoms with Gasteiger partial charge in [-0.1, -0.05) is 47.6 Å². The molecule has 0 radical (unpaired) electrons. The minimum Gasteiger partial charge on any atom is -0.389 e. The minimum atomic E-state index is -0.288. The first-order valence-corrected chi connectivity index (χ1v) is 6.80. The lowest BCUT2D eigenvalue weighted by Crippen LogP contribution is -2.13. The van der Waals surface area contributed by atoms with E-state index >= 15 is 0 Å². The zero-order valence-corrected chi connectivity index (χ0v) is 12.5. The van der Waals surface area contributed by atoms with Crippen molar-refractivity contribution in [2.75, 3.05) is 5.32 Å². The molecule has 0 aliphatic carbocycles. The molecular weight excluding hydrogens is 315 g/mol. The molecule has 0 aromatic heterocycles. The van der Waals surface area contributed by atoms with Gasteiger partial charge >= 0.3 is 0 Å². The molecule has 2 aromatic carbocycles. The number of carbonyl (C=O) groups is 1. The average Bonchev–Trinajstić information content (AvgIpc) is 2.43. The van der Waals surface area contributed by atoms with Crippen LogP contribution >= 0.6 is 35.4 Å². The van der Waals surface area contributed by atoms with Gasteiger partial charge in [0.1, 0.15) is 4.99 Å². The molecule has 0 saturated carbocycles. The molecule has 20 heavy (non-hydrogen) atoms. The van der Waals surface area contributed by atoms with Crippen molar-refractivity contribution in [2.24, 2.45) is 5.73 Å². The molecule has 6 heteroatoms. The molecule has 2 aromatic rings. The van der Waals surface area contributed by atoms with E-state index in [1.54, 1.807) is 42.5 Å². The standard InChI is InChI=1S/C14H10Cl2N2OS/c15-10-5-6-11(16)12(7-10)18-14(19)9-3-1-8(2-4-9)13(17)20/h1-7H,(H2,17,20)(H,18,19). The van der Waals surface area contributed by atoms with E-state index in [-0.39, 0.29) is 10.9 Å². The van der Waals surface area contributed by atoms with Gasteiger partial charge in [0.15, 0.2) is 0 Å². The fourth-order valence-electron chi connectivity index (χ4n) is 1.57. The molecule has 0 atom stereocenters. The Labute approximate surface area is 131 Å². The Morgan fingerprint density at radius 2 is 1.65 bits per heavy atom. The maximum Gasteiger partial charge on any atom is 0.255 e. The van der Waals surface area contributed by atoms with E-state index in [0.717, 1.165) is 0 Å². The zero-order chi connectivity index (χ0) is 14.7. The Balaban J connectivity index is 2.19. The highest BCUT2D eigenvalue weighted by molar-refractivity contribution is 7.80. The minimum absolute atomic E-state index is 0.287. The molecule has 0 spiro atoms. The topological polar surface area (TPSA) is 55.1 Å². The van der Waals surface area contributed by atoms with Gasteiger partial charge in [0, 0.05) is 16.1 Å². The Morgan fingerprint density at radius 3 is 2.25 bits per heavy atom. The third-order valence-corrected chi connectivity index (χ3v) is 3.41. The number of rotatable bonds is 3. The van der Waals surface area contributed by atoms with Gasteiger partial charge in [0.05, 0.1) is 10.7 Å². The summed E-state index contributed by atoms with van der Waals surface area (Å²) in [4.78, 5) is 12.4. The zero-order valence-electron chi connectivity index (χ0n) is 10.2. The number of halogens is 2. The summed E-state index contributed by atoms with van der Waals surface area (Å²) in [5, 5.41) is 3.61. The number of amides is 1. The second kappa shape index (κ2) is 6.22. The SMILES string of the molecule is NC(=S)c1ccc(C(=O)Nc2cc(Cl)ccc2Cl)cc1. The van der Waals surface area contributed by atoms with Gasteiger partial charge in [0.2, 0.25) is 0 Å². The lowest BCUT2D eigenvalue weighted by atomic mass is 10.1. The molecule has 0 unspecified atom stereocenters. The number of carbonyl (C=O) groups excluding carboxylic acids is 1. The van der Waals surface area contributed by atoms with Crippen molar-refractivity contribution < 1.29 is 4.79 Å². The fraction of sp³-hybridized carbons (Fsp3) is 0. The first kappa shape index (κ1) is 14.8. The van der Waals surface area contributed by atoms with Gasteiger partial charge < -0.3 is 11.1 Å². The van der Waals surface area contributed by atoms with Gasteiger partial charge in [-0.05, 0) is 30.3 Å². The molecule has 0 fully saturated rings. The average molecular weight is 325 g/mol. The summed E-state index contributed by atoms with van der Waals surface area (Å²) in [6, 6.07) is 11.5. The highest BCUT2D eigenvalue weighted by Gasteiger charge is 2.09. The Morgan fingerprint density at radius 1 is 1.05 bits per heavy atom. The summed E-state index contributed by atoms with van der Waals surface area (Å²) in [7, 11) is 0. The van der Waals surface area contributed by atoms with Crippen molar-refractivity contribution in [1.82, 2.24) is 0 Å². The Hall–Kier alpha value is -1.62. The lowest BCUT2D eigenvalue weighted by Gasteiger charge is -2.08. The molecule has 0 heterocycles. The van der Waals surface area contributed by atoms with Gasteiger partial charge in [-0.15, -0.1) is 0 Å². The van der Waals surface area contributed by atoms with Crippen LogP contribution in [0, 0.1) is 0 Å². The van der Waals surface area contributed by atoms with Crippen LogP contribution in [0.25, 0.3) is 0 Å². The van der Waals surface area contributed by atoms with Crippen molar-refractivity contribution in [3.8, 4) is 0 Å². The van der Waals surface area contributed by atoms with Gasteiger partial charge in [-0.2, -0.15) is 0 Å². The predicted molar refractivity (Wildman–Crippen MR) is 86.7 cm³/mol. The molecule has 3 nitrogen and oxygen atoms in total. The summed E-state index contributed by atoms with van der Waals surface area (Å²) >= 11 is 16.7. The first-order valence-electron chi connectivity index (χ1n) is 5.63. The number of thiocarbonyl (C=S) groups is 1. The van der Waals surface area contributed by atoms with Crippen LogP contribution in [0.3, 0.4) is 0 Å². The molecule has 0 aliphatic rings. The Kier molecular flexibility index (Phi) is 4.60. The predicted octanol–water partition coefficient (Wildman–Crippen LogP) is 3.88. The Bertz CT molecular complexity index is 671. The van der Waals surface area contributed by atoms with Gasteiger partial charge in [0.25, 0.3) is 5.91 Å². The molecule has 1 amide bonds. The molecular formula is C14H10Cl2N2OS. The van der Waals surface area contributed by atoms with Crippen molar-refractivity contribution in [1.29, 1.82) is 0 Å². The van der Waals surface area contributed by atoms with Crippen molar-refractivity contribution in [3.63, 3.8) is 0 Å². The summed E-state index contributed by atoms with van der Waals surface area (Å²) in [6.45, 7) is 0. The largest absolute Gasteiger partial charge is 0.389 e. The van der Waals surface area contributed by atoms with Crippen molar-refractivity contribution in [2.45, 2.75) is 0 Å². The normalized spacial score (nSPS) is 10.1. The number of nitrogens with two attached hydrogens (primary N) is 1. The van der Waals surface area contributed by atoms with Crippen LogP contribution in [0.4, 0.5) is 5.69 Å². The summed E-state index contributed by atoms with van der Waals surface area (Å²) in [6.07, 6.45) is 0. The maximum absolute atomic E-state index is 12.1. The first-order chi connectivity index (χ1) is 9.47. The van der Waals surface area contributed by atoms with E-state index in [0.29, 0.717) is 26.9 Å². The van der Waals surface area contributed by atoms with Crippen LogP contribution in [-0.2, 0) is 0 Å². The third-order valence-electron chi connectivity index (χ3n) is 2.61. The van der Waals surface area contributed by atoms with Crippen LogP contribution in [0.15, 0.2) is 42.5 Å². The number of hydrogen-bond acceptors (Lipinski definition) is 2. The summed E-state index contributed by atoms with van der Waals surface area (Å²) in [5.41, 5.74) is 7.14. The molecule has 102 valence electrons. The van der Waals surface area contributed by atoms with Crippen LogP contribution < -0.4 is 11.1 Å². The lowest BCUT2D eigenvalue weighted by molar-refractivity contribution is 0.102. The van der Waals surface area contributed by atoms with Gasteiger partial charge in [-0.3, -0.25) is 4.79 Å². The highest BCUT2D eigenvalue weighted by Crippen LogP contribution is 2.25. The quantitative estimate of drug-likeness (QED) is 0.842. The van der Waals surface area contributed by atoms with Crippen LogP contribution in [-0.4, -0.2) is 10.9 Å². The molecule has 0 aliphatic heterocycles. The molecule has 2 rings (SSSR count). The van der Waals surface area contributed by atoms with E-state index in [4.69, 9.17) is 41.2 Å². The van der Waals surface area contributed by atoms with E-state index < -0.39 is 0 Å². The molecule has 0 saturated heterocycles. The smallest absolute Gasteiger partial charge is 0.255 e. The monoisotopic (exact) mass is 324 g/mol. The van der Waals surface area contributed by atoms with E-state index in [9.17, 15) is 4.79 Å². The molecule has 3 N–H and O–H groups in total. The fourth-order valence-corrected chi connectivity index (χ4v) is 2.05. The second-order valence-electron chi connectivity index (χ2n) is 4.02. The summed E-state index contributed by atoms with van der Waals surface area (Å²) < 4.78 is 0. The van der Waals surface area contributed by atoms with Crippen LogP contribution in [0.2, 0.25) is 10.0 Å². The number of benzene rings is 2. The molecule has 0 bridgehead atoms. The van der Waals surface area contributed by atoms with E-state index in [2.05, 4.69) is 5.32 Å². The van der Waals surface area contributed by atoms with E-state index in [1.807, 2.05) is 0 Å². The summed E-state index contributed by atoms with van der Waals surface area (Å²) in [5.74, 6) is -0.288. The number of anilines is 1. The van der Waals surface area contributed by atoms with Crippen molar-refractivity contribution in [3.05, 3.63) is 63.6 Å². The van der Waals surface area contributed by atoms with E-state index in [1.165, 1.54) is 0 Å². The van der Waals surface area contributed by atoms with Gasteiger partial charge in [-0.25, -0.2) is 0 Å². The third kappa shape index (κ3) is 3.48. The van der Waals surface area contributed by atoms with Crippen molar-refractivity contribution >= 4 is 52.0 Å². The van der Waals surface area contributed by atoms with Crippen LogP contribution in [0.1, 0.15) is 15.9 Å².